The molecule has 1 aliphatic heterocycles. The molecule has 1 saturated heterocycles. The molecule has 0 unspecified atom stereocenters. The summed E-state index contributed by atoms with van der Waals surface area (Å²) in [7, 11) is 0. The molecule has 0 spiro atoms. The molecule has 38 heavy (non-hydrogen) atoms. The van der Waals surface area contributed by atoms with Gasteiger partial charge in [-0.25, -0.2) is 13.2 Å². The van der Waals surface area contributed by atoms with Crippen molar-refractivity contribution in [2.45, 2.75) is 6.54 Å². The Hall–Kier alpha value is -4.02. The predicted molar refractivity (Wildman–Crippen MR) is 140 cm³/mol. The van der Waals surface area contributed by atoms with E-state index in [1.54, 1.807) is 12.1 Å². The van der Waals surface area contributed by atoms with E-state index in [2.05, 4.69) is 5.32 Å². The van der Waals surface area contributed by atoms with Crippen molar-refractivity contribution in [3.05, 3.63) is 105 Å². The number of para-hydroxylation sites is 1. The Morgan fingerprint density at radius 1 is 0.974 bits per heavy atom. The van der Waals surface area contributed by atoms with E-state index in [9.17, 15) is 27.6 Å². The fraction of sp³-hybridized carbons (Fsp3) is 0.0741. The molecule has 192 valence electrons. The Kier molecular flexibility index (Phi) is 7.00. The summed E-state index contributed by atoms with van der Waals surface area (Å²) in [5, 5.41) is 2.83. The first-order chi connectivity index (χ1) is 18.2. The first-order valence-corrected chi connectivity index (χ1v) is 12.4. The minimum absolute atomic E-state index is 0.0995. The number of hydrogen-bond donors (Lipinski definition) is 1. The number of amides is 3. The number of benzene rings is 3. The molecular weight excluding hydrogens is 539 g/mol. The minimum atomic E-state index is -1.74. The van der Waals surface area contributed by atoms with Crippen LogP contribution in [0.4, 0.5) is 23.7 Å². The van der Waals surface area contributed by atoms with Gasteiger partial charge in [-0.2, -0.15) is 0 Å². The van der Waals surface area contributed by atoms with Crippen molar-refractivity contribution in [2.75, 3.05) is 11.9 Å². The van der Waals surface area contributed by atoms with Crippen LogP contribution in [-0.2, 0) is 16.1 Å². The van der Waals surface area contributed by atoms with Crippen LogP contribution in [0, 0.1) is 17.5 Å². The van der Waals surface area contributed by atoms with Crippen LogP contribution in [0.1, 0.15) is 11.1 Å². The molecule has 6 nitrogen and oxygen atoms in total. The maximum absolute atomic E-state index is 13.9. The maximum Gasteiger partial charge on any atom is 0.294 e. The second-order valence-corrected chi connectivity index (χ2v) is 9.76. The van der Waals surface area contributed by atoms with E-state index in [1.165, 1.54) is 0 Å². The molecule has 1 fully saturated rings. The molecule has 3 aromatic carbocycles. The monoisotopic (exact) mass is 555 g/mol. The number of thioether (sulfide) groups is 1. The summed E-state index contributed by atoms with van der Waals surface area (Å²) in [5.41, 5.74) is 1.88. The van der Waals surface area contributed by atoms with Gasteiger partial charge in [0.2, 0.25) is 5.91 Å². The van der Waals surface area contributed by atoms with E-state index < -0.39 is 46.7 Å². The highest BCUT2D eigenvalue weighted by Gasteiger charge is 2.36. The summed E-state index contributed by atoms with van der Waals surface area (Å²) in [5.74, 6) is -6.39. The van der Waals surface area contributed by atoms with Crippen LogP contribution in [0.15, 0.2) is 71.8 Å². The lowest BCUT2D eigenvalue weighted by atomic mass is 10.1. The first kappa shape index (κ1) is 25.6. The number of carbonyl (C=O) groups excluding carboxylic acids is 3. The quantitative estimate of drug-likeness (QED) is 0.220. The van der Waals surface area contributed by atoms with E-state index in [4.69, 9.17) is 11.6 Å². The second-order valence-electron chi connectivity index (χ2n) is 8.36. The Morgan fingerprint density at radius 3 is 2.50 bits per heavy atom. The van der Waals surface area contributed by atoms with Crippen LogP contribution in [0.5, 0.6) is 0 Å². The van der Waals surface area contributed by atoms with Crippen molar-refractivity contribution in [3.8, 4) is 0 Å². The molecule has 5 rings (SSSR count). The lowest BCUT2D eigenvalue weighted by Crippen LogP contribution is -2.36. The van der Waals surface area contributed by atoms with Gasteiger partial charge in [0, 0.05) is 34.2 Å². The minimum Gasteiger partial charge on any atom is -0.342 e. The van der Waals surface area contributed by atoms with Gasteiger partial charge in [-0.1, -0.05) is 48.0 Å². The standard InChI is InChI=1S/C27H17ClF3N3O3S/c28-18-7-3-1-5-15(18)12-33-13-16(17-6-2-4-8-21(17)33)11-22-26(36)34(27(37)38-22)14-23(35)32-20-10-9-19(29)24(30)25(20)31/h1-11,13H,12,14H2,(H,32,35)/b22-11+. The van der Waals surface area contributed by atoms with Gasteiger partial charge in [-0.3, -0.25) is 19.3 Å². The highest BCUT2D eigenvalue weighted by atomic mass is 35.5. The third-order valence-electron chi connectivity index (χ3n) is 5.89. The van der Waals surface area contributed by atoms with Crippen LogP contribution in [0.3, 0.4) is 0 Å². The van der Waals surface area contributed by atoms with Gasteiger partial charge < -0.3 is 9.88 Å². The SMILES string of the molecule is O=C(CN1C(=O)S/C(=C/c2cn(Cc3ccccc3Cl)c3ccccc23)C1=O)Nc1ccc(F)c(F)c1F. The number of fused-ring (bicyclic) bond motifs is 1. The number of nitrogens with zero attached hydrogens (tertiary/aromatic N) is 2. The Morgan fingerprint density at radius 2 is 1.71 bits per heavy atom. The third kappa shape index (κ3) is 4.92. The van der Waals surface area contributed by atoms with Crippen LogP contribution in [0.2, 0.25) is 5.02 Å². The van der Waals surface area contributed by atoms with Crippen LogP contribution >= 0.6 is 23.4 Å². The molecule has 0 bridgehead atoms. The fourth-order valence-corrected chi connectivity index (χ4v) is 5.09. The smallest absolute Gasteiger partial charge is 0.294 e. The van der Waals surface area contributed by atoms with Crippen LogP contribution < -0.4 is 5.32 Å². The molecule has 1 aliphatic rings. The number of rotatable bonds is 6. The van der Waals surface area contributed by atoms with Gasteiger partial charge in [0.25, 0.3) is 11.1 Å². The van der Waals surface area contributed by atoms with Gasteiger partial charge in [0.05, 0.1) is 10.6 Å². The van der Waals surface area contributed by atoms with E-state index in [1.807, 2.05) is 53.2 Å². The molecule has 1 aromatic heterocycles. The first-order valence-electron chi connectivity index (χ1n) is 11.2. The third-order valence-corrected chi connectivity index (χ3v) is 7.17. The van der Waals surface area contributed by atoms with Gasteiger partial charge in [-0.05, 0) is 47.7 Å². The van der Waals surface area contributed by atoms with Gasteiger partial charge >= 0.3 is 0 Å². The number of carbonyl (C=O) groups is 3. The zero-order valence-electron chi connectivity index (χ0n) is 19.4. The molecule has 11 heteroatoms. The van der Waals surface area contributed by atoms with Crippen molar-refractivity contribution in [2.24, 2.45) is 0 Å². The van der Waals surface area contributed by atoms with Crippen molar-refractivity contribution in [3.63, 3.8) is 0 Å². The molecule has 0 saturated carbocycles. The van der Waals surface area contributed by atoms with Crippen molar-refractivity contribution in [1.82, 2.24) is 9.47 Å². The number of anilines is 1. The van der Waals surface area contributed by atoms with E-state index >= 15 is 0 Å². The zero-order valence-corrected chi connectivity index (χ0v) is 21.0. The number of imide groups is 1. The molecule has 0 atom stereocenters. The topological polar surface area (TPSA) is 71.4 Å². The fourth-order valence-electron chi connectivity index (χ4n) is 4.06. The van der Waals surface area contributed by atoms with Crippen molar-refractivity contribution in [1.29, 1.82) is 0 Å². The number of nitrogens with one attached hydrogen (secondary N) is 1. The predicted octanol–water partition coefficient (Wildman–Crippen LogP) is 6.44. The summed E-state index contributed by atoms with van der Waals surface area (Å²) in [6, 6.07) is 16.5. The summed E-state index contributed by atoms with van der Waals surface area (Å²) >= 11 is 6.99. The van der Waals surface area contributed by atoms with Crippen molar-refractivity contribution >= 4 is 63.1 Å². The van der Waals surface area contributed by atoms with Crippen molar-refractivity contribution < 1.29 is 27.6 Å². The molecule has 4 aromatic rings. The maximum atomic E-state index is 13.9. The number of halogens is 4. The van der Waals surface area contributed by atoms with Gasteiger partial charge in [0.15, 0.2) is 17.5 Å². The van der Waals surface area contributed by atoms with Gasteiger partial charge in [-0.15, -0.1) is 0 Å². The molecular formula is C27H17ClF3N3O3S. The highest BCUT2D eigenvalue weighted by Crippen LogP contribution is 2.34. The van der Waals surface area contributed by atoms with E-state index in [0.717, 1.165) is 22.5 Å². The molecule has 0 aliphatic carbocycles. The summed E-state index contributed by atoms with van der Waals surface area (Å²) in [4.78, 5) is 38.7. The van der Waals surface area contributed by atoms with E-state index in [0.29, 0.717) is 39.9 Å². The number of hydrogen-bond acceptors (Lipinski definition) is 4. The molecule has 2 heterocycles. The Balaban J connectivity index is 1.38. The Labute approximate surface area is 223 Å². The van der Waals surface area contributed by atoms with Crippen LogP contribution in [-0.4, -0.2) is 33.1 Å². The second kappa shape index (κ2) is 10.4. The van der Waals surface area contributed by atoms with E-state index in [-0.39, 0.29) is 4.91 Å². The number of aromatic nitrogens is 1. The highest BCUT2D eigenvalue weighted by molar-refractivity contribution is 8.18. The van der Waals surface area contributed by atoms with Crippen LogP contribution in [0.25, 0.3) is 17.0 Å². The zero-order chi connectivity index (χ0) is 27.0. The molecule has 1 N–H and O–H groups in total. The lowest BCUT2D eigenvalue weighted by molar-refractivity contribution is -0.127. The average molecular weight is 556 g/mol. The molecule has 3 amide bonds. The Bertz CT molecular complexity index is 1650. The van der Waals surface area contributed by atoms with Gasteiger partial charge in [0.1, 0.15) is 6.54 Å². The summed E-state index contributed by atoms with van der Waals surface area (Å²) < 4.78 is 42.4. The molecule has 0 radical (unpaired) electrons. The average Bonchev–Trinajstić information content (AvgIpc) is 3.37. The lowest BCUT2D eigenvalue weighted by Gasteiger charge is -2.13. The normalized spacial score (nSPS) is 14.6. The largest absolute Gasteiger partial charge is 0.342 e. The summed E-state index contributed by atoms with van der Waals surface area (Å²) in [6.07, 6.45) is 3.42. The summed E-state index contributed by atoms with van der Waals surface area (Å²) in [6.45, 7) is -0.245.